The highest BCUT2D eigenvalue weighted by atomic mass is 35.5. The predicted molar refractivity (Wildman–Crippen MR) is 132 cm³/mol. The Labute approximate surface area is 202 Å². The molecule has 0 spiro atoms. The minimum absolute atomic E-state index is 0.163. The van der Waals surface area contributed by atoms with E-state index < -0.39 is 10.9 Å². The summed E-state index contributed by atoms with van der Waals surface area (Å²) < 4.78 is 0. The van der Waals surface area contributed by atoms with Crippen LogP contribution in [0.2, 0.25) is 5.02 Å². The van der Waals surface area contributed by atoms with Crippen LogP contribution in [0.15, 0.2) is 35.4 Å². The highest BCUT2D eigenvalue weighted by Crippen LogP contribution is 2.46. The number of amides is 1. The molecule has 9 nitrogen and oxygen atoms in total. The van der Waals surface area contributed by atoms with Gasteiger partial charge < -0.3 is 26.4 Å². The zero-order valence-electron chi connectivity index (χ0n) is 18.6. The van der Waals surface area contributed by atoms with Crippen molar-refractivity contribution in [3.05, 3.63) is 57.3 Å². The molecule has 3 heterocycles. The molecule has 1 fully saturated rings. The van der Waals surface area contributed by atoms with Crippen molar-refractivity contribution in [2.45, 2.75) is 18.8 Å². The topological polar surface area (TPSA) is 120 Å². The number of hydrogen-bond acceptors (Lipinski definition) is 9. The number of primary amides is 1. The summed E-state index contributed by atoms with van der Waals surface area (Å²) in [6.45, 7) is 8.01. The Bertz CT molecular complexity index is 1050. The van der Waals surface area contributed by atoms with Gasteiger partial charge in [-0.05, 0) is 25.5 Å². The van der Waals surface area contributed by atoms with Gasteiger partial charge in [-0.3, -0.25) is 9.69 Å². The van der Waals surface area contributed by atoms with E-state index in [0.29, 0.717) is 28.1 Å². The van der Waals surface area contributed by atoms with E-state index in [2.05, 4.69) is 30.4 Å². The zero-order valence-corrected chi connectivity index (χ0v) is 20.2. The standard InChI is InChI=1S/C22H28ClN7O2S/c1-14-4-3-5-16(23)20(14)22(25-13-17(33-22)21(24)32)28-18-12-19(27-15(2)26-18)30-8-6-29(7-9-30)10-11-31/h3-5,12-13,25,31H,6-11H2,1-2H3,(H2,24,32)(H,26,27,28). The maximum Gasteiger partial charge on any atom is 0.256 e. The molecule has 0 bridgehead atoms. The third-order valence-electron chi connectivity index (χ3n) is 5.73. The number of piperazine rings is 1. The number of nitrogens with zero attached hydrogens (tertiary/aromatic N) is 4. The number of halogens is 1. The second kappa shape index (κ2) is 9.76. The Hall–Kier alpha value is -2.53. The summed E-state index contributed by atoms with van der Waals surface area (Å²) in [5.41, 5.74) is 7.33. The number of aliphatic hydroxyl groups is 1. The van der Waals surface area contributed by atoms with Crippen molar-refractivity contribution in [1.82, 2.24) is 20.2 Å². The van der Waals surface area contributed by atoms with Gasteiger partial charge in [-0.15, -0.1) is 0 Å². The van der Waals surface area contributed by atoms with Gasteiger partial charge in [-0.25, -0.2) is 9.97 Å². The zero-order chi connectivity index (χ0) is 23.6. The number of nitrogens with two attached hydrogens (primary N) is 1. The van der Waals surface area contributed by atoms with Crippen LogP contribution in [-0.2, 0) is 9.79 Å². The smallest absolute Gasteiger partial charge is 0.256 e. The van der Waals surface area contributed by atoms with Gasteiger partial charge in [-0.1, -0.05) is 35.5 Å². The Morgan fingerprint density at radius 1 is 1.30 bits per heavy atom. The fourth-order valence-electron chi connectivity index (χ4n) is 4.14. The van der Waals surface area contributed by atoms with Crippen LogP contribution >= 0.6 is 23.4 Å². The Balaban J connectivity index is 1.65. The van der Waals surface area contributed by atoms with Gasteiger partial charge >= 0.3 is 0 Å². The molecule has 2 aliphatic rings. The van der Waals surface area contributed by atoms with E-state index in [1.165, 1.54) is 11.8 Å². The van der Waals surface area contributed by atoms with E-state index in [1.807, 2.05) is 38.1 Å². The van der Waals surface area contributed by atoms with Crippen molar-refractivity contribution in [3.8, 4) is 0 Å². The number of carbonyl (C=O) groups excluding carboxylic acids is 1. The summed E-state index contributed by atoms with van der Waals surface area (Å²) in [5, 5.41) is 16.5. The minimum atomic E-state index is -0.954. The summed E-state index contributed by atoms with van der Waals surface area (Å²) in [5.74, 6) is 1.55. The maximum atomic E-state index is 11.9. The Morgan fingerprint density at radius 3 is 2.70 bits per heavy atom. The molecule has 11 heteroatoms. The van der Waals surface area contributed by atoms with Crippen molar-refractivity contribution in [2.75, 3.05) is 49.5 Å². The first-order valence-electron chi connectivity index (χ1n) is 10.8. The van der Waals surface area contributed by atoms with Gasteiger partial charge in [0.15, 0.2) is 4.99 Å². The van der Waals surface area contributed by atoms with E-state index in [-0.39, 0.29) is 6.61 Å². The lowest BCUT2D eigenvalue weighted by Gasteiger charge is -2.36. The molecule has 176 valence electrons. The minimum Gasteiger partial charge on any atom is -0.395 e. The van der Waals surface area contributed by atoms with Crippen molar-refractivity contribution >= 4 is 40.9 Å². The number of carbonyl (C=O) groups is 1. The number of aromatic nitrogens is 2. The SMILES string of the molecule is Cc1nc(NC2(c3c(C)cccc3Cl)NC=C(C(N)=O)S2)cc(N2CCN(CCO)CC2)n1. The van der Waals surface area contributed by atoms with E-state index in [0.717, 1.165) is 43.1 Å². The number of aliphatic hydroxyl groups excluding tert-OH is 1. The lowest BCUT2D eigenvalue weighted by molar-refractivity contribution is -0.113. The van der Waals surface area contributed by atoms with E-state index in [9.17, 15) is 9.90 Å². The highest BCUT2D eigenvalue weighted by Gasteiger charge is 2.42. The molecule has 33 heavy (non-hydrogen) atoms. The summed E-state index contributed by atoms with van der Waals surface area (Å²) >= 11 is 7.89. The molecule has 1 aromatic heterocycles. The van der Waals surface area contributed by atoms with Gasteiger partial charge in [0.1, 0.15) is 17.5 Å². The number of benzene rings is 1. The molecule has 1 atom stereocenters. The van der Waals surface area contributed by atoms with Crippen LogP contribution in [0.1, 0.15) is 17.0 Å². The van der Waals surface area contributed by atoms with Crippen LogP contribution in [0.25, 0.3) is 0 Å². The molecule has 0 aliphatic carbocycles. The molecule has 4 rings (SSSR count). The van der Waals surface area contributed by atoms with E-state index >= 15 is 0 Å². The number of nitrogens with one attached hydrogen (secondary N) is 2. The van der Waals surface area contributed by atoms with Crippen LogP contribution < -0.4 is 21.3 Å². The van der Waals surface area contributed by atoms with Crippen LogP contribution in [-0.4, -0.2) is 65.2 Å². The number of rotatable bonds is 7. The van der Waals surface area contributed by atoms with Crippen LogP contribution in [0.3, 0.4) is 0 Å². The quantitative estimate of drug-likeness (QED) is 0.461. The highest BCUT2D eigenvalue weighted by molar-refractivity contribution is 8.05. The Morgan fingerprint density at radius 2 is 2.06 bits per heavy atom. The first-order valence-corrected chi connectivity index (χ1v) is 11.9. The van der Waals surface area contributed by atoms with Crippen molar-refractivity contribution < 1.29 is 9.90 Å². The second-order valence-corrected chi connectivity index (χ2v) is 9.73. The van der Waals surface area contributed by atoms with Crippen LogP contribution in [0.5, 0.6) is 0 Å². The van der Waals surface area contributed by atoms with Crippen LogP contribution in [0.4, 0.5) is 11.6 Å². The molecule has 1 aromatic carbocycles. The molecule has 1 saturated heterocycles. The molecule has 0 saturated carbocycles. The third kappa shape index (κ3) is 5.03. The average Bonchev–Trinajstić information content (AvgIpc) is 3.19. The fourth-order valence-corrected chi connectivity index (χ4v) is 5.75. The lowest BCUT2D eigenvalue weighted by atomic mass is 10.1. The molecule has 2 aliphatic heterocycles. The summed E-state index contributed by atoms with van der Waals surface area (Å²) in [7, 11) is 0. The van der Waals surface area contributed by atoms with Gasteiger partial charge in [0, 0.05) is 55.6 Å². The number of aryl methyl sites for hydroxylation is 2. The van der Waals surface area contributed by atoms with Crippen LogP contribution in [0, 0.1) is 13.8 Å². The van der Waals surface area contributed by atoms with Gasteiger partial charge in [-0.2, -0.15) is 0 Å². The number of thioether (sulfide) groups is 1. The first-order chi connectivity index (χ1) is 15.8. The maximum absolute atomic E-state index is 11.9. The van der Waals surface area contributed by atoms with Gasteiger partial charge in [0.25, 0.3) is 5.91 Å². The Kier molecular flexibility index (Phi) is 6.99. The van der Waals surface area contributed by atoms with Crippen molar-refractivity contribution in [1.29, 1.82) is 0 Å². The molecule has 0 radical (unpaired) electrons. The van der Waals surface area contributed by atoms with Crippen molar-refractivity contribution in [3.63, 3.8) is 0 Å². The molecule has 1 unspecified atom stereocenters. The van der Waals surface area contributed by atoms with E-state index in [1.54, 1.807) is 6.20 Å². The number of β-amino-alcohol motifs (C(OH)–C–C–N with tert-alkyl or cyclic N) is 1. The first kappa shape index (κ1) is 23.6. The molecular weight excluding hydrogens is 462 g/mol. The van der Waals surface area contributed by atoms with E-state index in [4.69, 9.17) is 17.3 Å². The summed E-state index contributed by atoms with van der Waals surface area (Å²) in [6, 6.07) is 7.59. The number of anilines is 2. The lowest BCUT2D eigenvalue weighted by Crippen LogP contribution is -2.47. The van der Waals surface area contributed by atoms with Gasteiger partial charge in [0.05, 0.1) is 11.5 Å². The van der Waals surface area contributed by atoms with Gasteiger partial charge in [0.2, 0.25) is 0 Å². The van der Waals surface area contributed by atoms with Crippen molar-refractivity contribution in [2.24, 2.45) is 5.73 Å². The molecule has 2 aromatic rings. The predicted octanol–water partition coefficient (Wildman–Crippen LogP) is 1.75. The molecule has 5 N–H and O–H groups in total. The number of hydrogen-bond donors (Lipinski definition) is 4. The monoisotopic (exact) mass is 489 g/mol. The average molecular weight is 490 g/mol. The largest absolute Gasteiger partial charge is 0.395 e. The summed E-state index contributed by atoms with van der Waals surface area (Å²) in [6.07, 6.45) is 1.61. The third-order valence-corrected chi connectivity index (χ3v) is 7.31. The summed E-state index contributed by atoms with van der Waals surface area (Å²) in [4.78, 5) is 25.0. The normalized spacial score (nSPS) is 21.0. The second-order valence-electron chi connectivity index (χ2n) is 8.07. The fraction of sp³-hybridized carbons (Fsp3) is 0.409. The molecular formula is C22H28ClN7O2S. The molecule has 1 amide bonds.